The zero-order chi connectivity index (χ0) is 24.5. The Morgan fingerprint density at radius 3 is 2.17 bits per heavy atom. The van der Waals surface area contributed by atoms with E-state index in [0.717, 1.165) is 50.8 Å². The highest BCUT2D eigenvalue weighted by Gasteiger charge is 2.79. The molecule has 7 rings (SSSR count). The van der Waals surface area contributed by atoms with Crippen LogP contribution in [0.2, 0.25) is 0 Å². The van der Waals surface area contributed by atoms with Crippen molar-refractivity contribution in [3.8, 4) is 23.0 Å². The molecule has 4 aliphatic rings. The Morgan fingerprint density at radius 2 is 1.46 bits per heavy atom. The van der Waals surface area contributed by atoms with Gasteiger partial charge in [0.2, 0.25) is 0 Å². The molecule has 0 spiro atoms. The molecule has 4 nitrogen and oxygen atoms in total. The molecule has 0 bridgehead atoms. The topological polar surface area (TPSA) is 36.9 Å². The third-order valence-corrected chi connectivity index (χ3v) is 8.68. The monoisotopic (exact) mass is 466 g/mol. The lowest BCUT2D eigenvalue weighted by Crippen LogP contribution is -2.66. The summed E-state index contributed by atoms with van der Waals surface area (Å²) in [6, 6.07) is 15.1. The van der Waals surface area contributed by atoms with Crippen molar-refractivity contribution in [1.29, 1.82) is 0 Å². The van der Waals surface area contributed by atoms with Gasteiger partial charge in [0.25, 0.3) is 5.79 Å². The van der Waals surface area contributed by atoms with Crippen molar-refractivity contribution in [3.63, 3.8) is 0 Å². The lowest BCUT2D eigenvalue weighted by molar-refractivity contribution is -0.126. The summed E-state index contributed by atoms with van der Waals surface area (Å²) in [7, 11) is 1.68. The van der Waals surface area contributed by atoms with Gasteiger partial charge in [-0.15, -0.1) is 0 Å². The number of rotatable bonds is 1. The highest BCUT2D eigenvalue weighted by atomic mass is 16.7. The van der Waals surface area contributed by atoms with Gasteiger partial charge in [0.15, 0.2) is 0 Å². The van der Waals surface area contributed by atoms with Crippen LogP contribution in [0, 0.1) is 27.7 Å². The van der Waals surface area contributed by atoms with E-state index < -0.39 is 11.2 Å². The van der Waals surface area contributed by atoms with E-state index >= 15 is 0 Å². The quantitative estimate of drug-likeness (QED) is 0.390. The van der Waals surface area contributed by atoms with Crippen LogP contribution in [0.1, 0.15) is 52.8 Å². The third kappa shape index (κ3) is 2.16. The number of methoxy groups -OCH3 is 1. The second-order valence-corrected chi connectivity index (χ2v) is 11.0. The van der Waals surface area contributed by atoms with Crippen LogP contribution in [-0.4, -0.2) is 19.0 Å². The van der Waals surface area contributed by atoms with Gasteiger partial charge >= 0.3 is 0 Å². The molecule has 3 heterocycles. The number of aryl methyl sites for hydroxylation is 4. The van der Waals surface area contributed by atoms with E-state index in [-0.39, 0.29) is 11.5 Å². The second kappa shape index (κ2) is 6.23. The van der Waals surface area contributed by atoms with Gasteiger partial charge in [-0.3, -0.25) is 0 Å². The molecule has 0 amide bonds. The van der Waals surface area contributed by atoms with E-state index in [1.807, 2.05) is 12.1 Å². The molecule has 3 aliphatic heterocycles. The minimum Gasteiger partial charge on any atom is -0.497 e. The Kier molecular flexibility index (Phi) is 3.73. The SMILES string of the molecule is COc1ccc2c(c1)O[C@]13Oc4c(C)cc(C)cc4[C@]21[C@@H]1Oc2c(C)cc(C)cc2[C@]1(C)C=C3C. The van der Waals surface area contributed by atoms with Crippen molar-refractivity contribution in [1.82, 2.24) is 0 Å². The van der Waals surface area contributed by atoms with E-state index in [9.17, 15) is 0 Å². The molecule has 0 saturated heterocycles. The maximum atomic E-state index is 7.08. The zero-order valence-electron chi connectivity index (χ0n) is 21.3. The summed E-state index contributed by atoms with van der Waals surface area (Å²) in [6.07, 6.45) is 2.09. The van der Waals surface area contributed by atoms with Gasteiger partial charge in [0, 0.05) is 28.3 Å². The lowest BCUT2D eigenvalue weighted by Gasteiger charge is -2.49. The predicted octanol–water partition coefficient (Wildman–Crippen LogP) is 6.37. The van der Waals surface area contributed by atoms with Gasteiger partial charge in [-0.25, -0.2) is 0 Å². The number of hydrogen-bond acceptors (Lipinski definition) is 4. The smallest absolute Gasteiger partial charge is 0.291 e. The molecule has 3 aromatic carbocycles. The standard InChI is InChI=1S/C31H30O4/c1-16-10-18(3)26-23(12-16)29(6)15-20(5)31-30(28(29)33-26,22-9-8-21(32-7)14-25(22)34-31)24-13-17(2)11-19(4)27(24)35-31/h8-15,28H,1-7H3/t28-,29+,30+,31-/m1/s1. The number of ether oxygens (including phenoxy) is 4. The molecule has 4 heteroatoms. The molecule has 4 atom stereocenters. The molecule has 0 N–H and O–H groups in total. The summed E-state index contributed by atoms with van der Waals surface area (Å²) >= 11 is 0. The summed E-state index contributed by atoms with van der Waals surface area (Å²) in [5, 5.41) is 0. The fourth-order valence-corrected chi connectivity index (χ4v) is 7.46. The molecular formula is C31H30O4. The van der Waals surface area contributed by atoms with Gasteiger partial charge in [-0.05, 0) is 58.7 Å². The largest absolute Gasteiger partial charge is 0.497 e. The number of fused-ring (bicyclic) bond motifs is 5. The summed E-state index contributed by atoms with van der Waals surface area (Å²) in [5.41, 5.74) is 8.24. The molecule has 35 heavy (non-hydrogen) atoms. The Hall–Kier alpha value is -3.40. The van der Waals surface area contributed by atoms with E-state index in [1.165, 1.54) is 16.7 Å². The first-order chi connectivity index (χ1) is 16.7. The summed E-state index contributed by atoms with van der Waals surface area (Å²) in [5.74, 6) is 2.43. The predicted molar refractivity (Wildman–Crippen MR) is 135 cm³/mol. The van der Waals surface area contributed by atoms with E-state index in [2.05, 4.69) is 78.0 Å². The Morgan fingerprint density at radius 1 is 0.771 bits per heavy atom. The van der Waals surface area contributed by atoms with Gasteiger partial charge in [0.1, 0.15) is 34.5 Å². The average Bonchev–Trinajstić information content (AvgIpc) is 3.36. The third-order valence-electron chi connectivity index (χ3n) is 8.68. The van der Waals surface area contributed by atoms with Crippen molar-refractivity contribution < 1.29 is 18.9 Å². The van der Waals surface area contributed by atoms with Crippen LogP contribution < -0.4 is 18.9 Å². The van der Waals surface area contributed by atoms with Crippen LogP contribution in [0.3, 0.4) is 0 Å². The molecule has 0 fully saturated rings. The maximum absolute atomic E-state index is 7.08. The van der Waals surface area contributed by atoms with Gasteiger partial charge < -0.3 is 18.9 Å². The van der Waals surface area contributed by atoms with Crippen molar-refractivity contribution in [2.45, 2.75) is 64.3 Å². The minimum absolute atomic E-state index is 0.244. The summed E-state index contributed by atoms with van der Waals surface area (Å²) in [6.45, 7) is 13.0. The molecule has 0 unspecified atom stereocenters. The fraction of sp³-hybridized carbons (Fsp3) is 0.355. The van der Waals surface area contributed by atoms with Crippen molar-refractivity contribution in [3.05, 3.63) is 93.1 Å². The normalized spacial score (nSPS) is 30.5. The lowest BCUT2D eigenvalue weighted by atomic mass is 9.54. The molecule has 0 aromatic heterocycles. The summed E-state index contributed by atoms with van der Waals surface area (Å²) in [4.78, 5) is 0. The first-order valence-corrected chi connectivity index (χ1v) is 12.3. The van der Waals surface area contributed by atoms with Crippen molar-refractivity contribution >= 4 is 0 Å². The molecule has 1 aliphatic carbocycles. The Labute approximate surface area is 206 Å². The van der Waals surface area contributed by atoms with Crippen LogP contribution in [0.4, 0.5) is 0 Å². The Bertz CT molecular complexity index is 1500. The van der Waals surface area contributed by atoms with Crippen LogP contribution in [0.25, 0.3) is 0 Å². The van der Waals surface area contributed by atoms with E-state index in [0.29, 0.717) is 0 Å². The summed E-state index contributed by atoms with van der Waals surface area (Å²) < 4.78 is 26.5. The van der Waals surface area contributed by atoms with Crippen molar-refractivity contribution in [2.75, 3.05) is 7.11 Å². The zero-order valence-corrected chi connectivity index (χ0v) is 21.3. The Balaban J connectivity index is 1.63. The molecule has 178 valence electrons. The average molecular weight is 467 g/mol. The first-order valence-electron chi connectivity index (χ1n) is 12.3. The van der Waals surface area contributed by atoms with Crippen molar-refractivity contribution in [2.24, 2.45) is 0 Å². The maximum Gasteiger partial charge on any atom is 0.291 e. The van der Waals surface area contributed by atoms with Gasteiger partial charge in [-0.1, -0.05) is 47.5 Å². The van der Waals surface area contributed by atoms with Crippen LogP contribution >= 0.6 is 0 Å². The van der Waals surface area contributed by atoms with Gasteiger partial charge in [0.05, 0.1) is 12.5 Å². The first kappa shape index (κ1) is 20.9. The second-order valence-electron chi connectivity index (χ2n) is 11.0. The van der Waals surface area contributed by atoms with Crippen LogP contribution in [0.15, 0.2) is 54.1 Å². The molecule has 0 radical (unpaired) electrons. The van der Waals surface area contributed by atoms with Crippen LogP contribution in [-0.2, 0) is 10.8 Å². The molecular weight excluding hydrogens is 436 g/mol. The highest BCUT2D eigenvalue weighted by molar-refractivity contribution is 5.72. The number of hydrogen-bond donors (Lipinski definition) is 0. The molecule has 0 saturated carbocycles. The molecule has 3 aromatic rings. The minimum atomic E-state index is -1.02. The fourth-order valence-electron chi connectivity index (χ4n) is 7.46. The number of benzene rings is 3. The van der Waals surface area contributed by atoms with E-state index in [4.69, 9.17) is 18.9 Å². The highest BCUT2D eigenvalue weighted by Crippen LogP contribution is 2.71. The van der Waals surface area contributed by atoms with Crippen LogP contribution in [0.5, 0.6) is 23.0 Å². The van der Waals surface area contributed by atoms with Gasteiger partial charge in [-0.2, -0.15) is 0 Å². The van der Waals surface area contributed by atoms with E-state index in [1.54, 1.807) is 7.11 Å².